The van der Waals surface area contributed by atoms with Crippen LogP contribution in [0.5, 0.6) is 11.8 Å². The maximum absolute atomic E-state index is 5.85. The summed E-state index contributed by atoms with van der Waals surface area (Å²) in [7, 11) is 1.61. The highest BCUT2D eigenvalue weighted by molar-refractivity contribution is 6.28. The van der Waals surface area contributed by atoms with E-state index in [0.717, 1.165) is 11.4 Å². The highest BCUT2D eigenvalue weighted by Gasteiger charge is 2.08. The Morgan fingerprint density at radius 2 is 1.80 bits per heavy atom. The van der Waals surface area contributed by atoms with Gasteiger partial charge in [0.15, 0.2) is 0 Å². The fourth-order valence-corrected chi connectivity index (χ4v) is 1.61. The van der Waals surface area contributed by atoms with Crippen LogP contribution in [0.3, 0.4) is 0 Å². The smallest absolute Gasteiger partial charge is 0.322 e. The zero-order valence-electron chi connectivity index (χ0n) is 11.4. The fourth-order valence-electron chi connectivity index (χ4n) is 1.45. The van der Waals surface area contributed by atoms with Gasteiger partial charge in [-0.05, 0) is 49.7 Å². The van der Waals surface area contributed by atoms with E-state index >= 15 is 0 Å². The van der Waals surface area contributed by atoms with E-state index < -0.39 is 0 Å². The molecule has 7 heteroatoms. The van der Waals surface area contributed by atoms with Crippen molar-refractivity contribution in [1.82, 2.24) is 15.0 Å². The van der Waals surface area contributed by atoms with Crippen LogP contribution < -0.4 is 14.8 Å². The monoisotopic (exact) mass is 294 g/mol. The third-order valence-electron chi connectivity index (χ3n) is 2.27. The summed E-state index contributed by atoms with van der Waals surface area (Å²) >= 11 is 5.85. The molecular formula is C13H15ClN4O2. The second-order valence-corrected chi connectivity index (χ2v) is 4.57. The molecule has 1 N–H and O–H groups in total. The van der Waals surface area contributed by atoms with Crippen LogP contribution in [0.25, 0.3) is 0 Å². The van der Waals surface area contributed by atoms with Gasteiger partial charge < -0.3 is 14.8 Å². The lowest BCUT2D eigenvalue weighted by atomic mass is 10.3. The molecule has 2 aromatic rings. The number of aromatic nitrogens is 3. The van der Waals surface area contributed by atoms with E-state index in [1.807, 2.05) is 38.1 Å². The van der Waals surface area contributed by atoms with Crippen LogP contribution in [0.1, 0.15) is 13.8 Å². The molecule has 0 aliphatic heterocycles. The van der Waals surface area contributed by atoms with Gasteiger partial charge in [0.2, 0.25) is 11.2 Å². The van der Waals surface area contributed by atoms with Crippen LogP contribution in [0.4, 0.5) is 11.6 Å². The van der Waals surface area contributed by atoms with Gasteiger partial charge >= 0.3 is 6.01 Å². The van der Waals surface area contributed by atoms with Crippen molar-refractivity contribution in [2.24, 2.45) is 0 Å². The van der Waals surface area contributed by atoms with Crippen LogP contribution in [0.2, 0.25) is 5.28 Å². The number of hydrogen-bond donors (Lipinski definition) is 1. The molecule has 0 saturated carbocycles. The quantitative estimate of drug-likeness (QED) is 0.914. The first kappa shape index (κ1) is 14.3. The molecule has 0 aliphatic carbocycles. The standard InChI is InChI=1S/C13H15ClN4O2/c1-8(2)20-13-17-11(14)16-12(18-13)15-9-4-6-10(19-3)7-5-9/h4-8H,1-3H3,(H,15,16,17,18). The number of nitrogens with zero attached hydrogens (tertiary/aromatic N) is 3. The first-order valence-electron chi connectivity index (χ1n) is 6.06. The SMILES string of the molecule is COc1ccc(Nc2nc(Cl)nc(OC(C)C)n2)cc1. The van der Waals surface area contributed by atoms with E-state index in [1.54, 1.807) is 7.11 Å². The number of nitrogens with one attached hydrogen (secondary N) is 1. The van der Waals surface area contributed by atoms with Gasteiger partial charge in [0.1, 0.15) is 5.75 Å². The minimum absolute atomic E-state index is 0.0395. The summed E-state index contributed by atoms with van der Waals surface area (Å²) in [6, 6.07) is 7.54. The molecule has 6 nitrogen and oxygen atoms in total. The molecule has 0 radical (unpaired) electrons. The molecule has 1 heterocycles. The van der Waals surface area contributed by atoms with Crippen molar-refractivity contribution >= 4 is 23.2 Å². The normalized spacial score (nSPS) is 10.4. The zero-order chi connectivity index (χ0) is 14.5. The van der Waals surface area contributed by atoms with Gasteiger partial charge in [-0.2, -0.15) is 15.0 Å². The molecule has 1 aromatic heterocycles. The summed E-state index contributed by atoms with van der Waals surface area (Å²) in [5.74, 6) is 1.10. The molecule has 0 fully saturated rings. The number of halogens is 1. The first-order valence-corrected chi connectivity index (χ1v) is 6.44. The predicted molar refractivity (Wildman–Crippen MR) is 76.9 cm³/mol. The minimum atomic E-state index is -0.0395. The molecule has 0 unspecified atom stereocenters. The summed E-state index contributed by atoms with van der Waals surface area (Å²) in [6.45, 7) is 3.77. The zero-order valence-corrected chi connectivity index (χ0v) is 12.2. The molecule has 20 heavy (non-hydrogen) atoms. The average Bonchev–Trinajstić information content (AvgIpc) is 2.38. The largest absolute Gasteiger partial charge is 0.497 e. The van der Waals surface area contributed by atoms with Gasteiger partial charge in [0.05, 0.1) is 13.2 Å². The Hall–Kier alpha value is -2.08. The third-order valence-corrected chi connectivity index (χ3v) is 2.44. The third kappa shape index (κ3) is 3.96. The Balaban J connectivity index is 2.17. The highest BCUT2D eigenvalue weighted by Crippen LogP contribution is 2.19. The van der Waals surface area contributed by atoms with E-state index in [-0.39, 0.29) is 17.4 Å². The summed E-state index contributed by atoms with van der Waals surface area (Å²) < 4.78 is 10.5. The van der Waals surface area contributed by atoms with Gasteiger partial charge in [0, 0.05) is 5.69 Å². The van der Waals surface area contributed by atoms with Crippen molar-refractivity contribution in [3.63, 3.8) is 0 Å². The van der Waals surface area contributed by atoms with Gasteiger partial charge in [-0.1, -0.05) is 0 Å². The van der Waals surface area contributed by atoms with Crippen LogP contribution >= 0.6 is 11.6 Å². The Morgan fingerprint density at radius 3 is 2.40 bits per heavy atom. The van der Waals surface area contributed by atoms with Crippen LogP contribution in [-0.4, -0.2) is 28.2 Å². The summed E-state index contributed by atoms with van der Waals surface area (Å²) in [5, 5.41) is 3.10. The molecule has 0 atom stereocenters. The summed E-state index contributed by atoms with van der Waals surface area (Å²) in [6.07, 6.45) is -0.0395. The first-order chi connectivity index (χ1) is 9.56. The molecule has 0 bridgehead atoms. The number of ether oxygens (including phenoxy) is 2. The second kappa shape index (κ2) is 6.38. The summed E-state index contributed by atoms with van der Waals surface area (Å²) in [5.41, 5.74) is 0.809. The average molecular weight is 295 g/mol. The number of benzene rings is 1. The van der Waals surface area contributed by atoms with E-state index in [1.165, 1.54) is 0 Å². The van der Waals surface area contributed by atoms with Gasteiger partial charge in [0.25, 0.3) is 0 Å². The lowest BCUT2D eigenvalue weighted by Crippen LogP contribution is -2.10. The van der Waals surface area contributed by atoms with Gasteiger partial charge in [-0.25, -0.2) is 0 Å². The molecule has 2 rings (SSSR count). The van der Waals surface area contributed by atoms with Crippen molar-refractivity contribution in [3.8, 4) is 11.8 Å². The van der Waals surface area contributed by atoms with Gasteiger partial charge in [-0.3, -0.25) is 0 Å². The topological polar surface area (TPSA) is 69.2 Å². The maximum Gasteiger partial charge on any atom is 0.322 e. The van der Waals surface area contributed by atoms with E-state index in [4.69, 9.17) is 21.1 Å². The Bertz CT molecular complexity index is 575. The number of rotatable bonds is 5. The van der Waals surface area contributed by atoms with E-state index in [9.17, 15) is 0 Å². The predicted octanol–water partition coefficient (Wildman–Crippen LogP) is 3.06. The van der Waals surface area contributed by atoms with Crippen LogP contribution in [0, 0.1) is 0 Å². The lowest BCUT2D eigenvalue weighted by molar-refractivity contribution is 0.222. The van der Waals surface area contributed by atoms with E-state index in [2.05, 4.69) is 20.3 Å². The molecule has 1 aromatic carbocycles. The highest BCUT2D eigenvalue weighted by atomic mass is 35.5. The fraction of sp³-hybridized carbons (Fsp3) is 0.308. The maximum atomic E-state index is 5.85. The molecule has 0 aliphatic rings. The lowest BCUT2D eigenvalue weighted by Gasteiger charge is -2.10. The van der Waals surface area contributed by atoms with Crippen molar-refractivity contribution in [3.05, 3.63) is 29.5 Å². The number of hydrogen-bond acceptors (Lipinski definition) is 6. The Morgan fingerprint density at radius 1 is 1.10 bits per heavy atom. The van der Waals surface area contributed by atoms with Crippen molar-refractivity contribution < 1.29 is 9.47 Å². The van der Waals surface area contributed by atoms with Crippen LogP contribution in [-0.2, 0) is 0 Å². The Labute approximate surface area is 122 Å². The molecular weight excluding hydrogens is 280 g/mol. The Kier molecular flexibility index (Phi) is 4.57. The van der Waals surface area contributed by atoms with Crippen molar-refractivity contribution in [2.45, 2.75) is 20.0 Å². The summed E-state index contributed by atoms with van der Waals surface area (Å²) in [4.78, 5) is 12.0. The minimum Gasteiger partial charge on any atom is -0.497 e. The number of methoxy groups -OCH3 is 1. The molecule has 0 spiro atoms. The second-order valence-electron chi connectivity index (χ2n) is 4.23. The molecule has 0 amide bonds. The van der Waals surface area contributed by atoms with Crippen molar-refractivity contribution in [1.29, 1.82) is 0 Å². The molecule has 106 valence electrons. The number of anilines is 2. The van der Waals surface area contributed by atoms with Crippen molar-refractivity contribution in [2.75, 3.05) is 12.4 Å². The van der Waals surface area contributed by atoms with E-state index in [0.29, 0.717) is 5.95 Å². The van der Waals surface area contributed by atoms with Crippen LogP contribution in [0.15, 0.2) is 24.3 Å². The molecule has 0 saturated heterocycles. The van der Waals surface area contributed by atoms with Gasteiger partial charge in [-0.15, -0.1) is 0 Å².